The maximum atomic E-state index is 5.67. The third-order valence-corrected chi connectivity index (χ3v) is 6.82. The number of methoxy groups -OCH3 is 2. The first kappa shape index (κ1) is 27.0. The molecule has 1 aromatic carbocycles. The fourth-order valence-corrected chi connectivity index (χ4v) is 5.03. The number of guanidine groups is 1. The highest BCUT2D eigenvalue weighted by atomic mass is 127. The highest BCUT2D eigenvalue weighted by Crippen LogP contribution is 2.42. The number of likely N-dealkylation sites (tertiary alicyclic amines) is 1. The Morgan fingerprint density at radius 2 is 1.88 bits per heavy atom. The molecule has 2 aliphatic rings. The van der Waals surface area contributed by atoms with Crippen LogP contribution in [-0.4, -0.2) is 64.5 Å². The predicted molar refractivity (Wildman–Crippen MR) is 142 cm³/mol. The SMILES string of the molecule is CCNC(=NCC1(c2ccc(OC)c(OC)c2)CCCCC1)N1CCC(COCC)C1.I. The summed E-state index contributed by atoms with van der Waals surface area (Å²) in [5.41, 5.74) is 1.38. The first-order valence-corrected chi connectivity index (χ1v) is 12.0. The van der Waals surface area contributed by atoms with Gasteiger partial charge in [0.15, 0.2) is 17.5 Å². The molecule has 0 bridgehead atoms. The number of ether oxygens (including phenoxy) is 3. The van der Waals surface area contributed by atoms with Crippen LogP contribution in [0.5, 0.6) is 11.5 Å². The zero-order chi connectivity index (χ0) is 22.1. The quantitative estimate of drug-likeness (QED) is 0.267. The van der Waals surface area contributed by atoms with Crippen molar-refractivity contribution in [3.8, 4) is 11.5 Å². The molecule has 1 atom stereocenters. The van der Waals surface area contributed by atoms with E-state index in [2.05, 4.69) is 36.2 Å². The molecule has 32 heavy (non-hydrogen) atoms. The van der Waals surface area contributed by atoms with Gasteiger partial charge in [0.1, 0.15) is 0 Å². The Hall–Kier alpha value is -1.22. The number of nitrogens with one attached hydrogen (secondary N) is 1. The lowest BCUT2D eigenvalue weighted by Gasteiger charge is -2.37. The lowest BCUT2D eigenvalue weighted by molar-refractivity contribution is 0.114. The Labute approximate surface area is 211 Å². The van der Waals surface area contributed by atoms with Gasteiger partial charge in [-0.2, -0.15) is 0 Å². The van der Waals surface area contributed by atoms with Crippen LogP contribution in [-0.2, 0) is 10.2 Å². The van der Waals surface area contributed by atoms with Crippen LogP contribution in [0.3, 0.4) is 0 Å². The summed E-state index contributed by atoms with van der Waals surface area (Å²) in [7, 11) is 3.40. The van der Waals surface area contributed by atoms with Crippen LogP contribution in [0.25, 0.3) is 0 Å². The predicted octanol–water partition coefficient (Wildman–Crippen LogP) is 4.85. The largest absolute Gasteiger partial charge is 0.493 e. The summed E-state index contributed by atoms with van der Waals surface area (Å²) in [5.74, 6) is 3.23. The third-order valence-electron chi connectivity index (χ3n) is 6.82. The molecule has 0 spiro atoms. The maximum absolute atomic E-state index is 5.67. The molecule has 7 heteroatoms. The maximum Gasteiger partial charge on any atom is 0.193 e. The molecule has 1 aliphatic heterocycles. The van der Waals surface area contributed by atoms with Crippen molar-refractivity contribution in [3.63, 3.8) is 0 Å². The zero-order valence-corrected chi connectivity index (χ0v) is 22.7. The molecule has 1 aromatic rings. The number of halogens is 1. The van der Waals surface area contributed by atoms with Crippen molar-refractivity contribution in [1.82, 2.24) is 10.2 Å². The molecule has 2 fully saturated rings. The van der Waals surface area contributed by atoms with Crippen LogP contribution in [0.4, 0.5) is 0 Å². The van der Waals surface area contributed by atoms with E-state index in [4.69, 9.17) is 19.2 Å². The summed E-state index contributed by atoms with van der Waals surface area (Å²) in [6.07, 6.45) is 7.31. The van der Waals surface area contributed by atoms with Gasteiger partial charge in [0, 0.05) is 37.6 Å². The van der Waals surface area contributed by atoms with E-state index < -0.39 is 0 Å². The number of hydrogen-bond acceptors (Lipinski definition) is 4. The number of benzene rings is 1. The second kappa shape index (κ2) is 13.5. The number of rotatable bonds is 9. The van der Waals surface area contributed by atoms with Crippen LogP contribution in [0.2, 0.25) is 0 Å². The molecule has 1 saturated carbocycles. The van der Waals surface area contributed by atoms with Gasteiger partial charge >= 0.3 is 0 Å². The summed E-state index contributed by atoms with van der Waals surface area (Å²) in [4.78, 5) is 7.61. The summed E-state index contributed by atoms with van der Waals surface area (Å²) < 4.78 is 16.7. The van der Waals surface area contributed by atoms with Crippen LogP contribution in [0.1, 0.15) is 57.9 Å². The van der Waals surface area contributed by atoms with Crippen molar-refractivity contribution in [1.29, 1.82) is 0 Å². The summed E-state index contributed by atoms with van der Waals surface area (Å²) in [5, 5.41) is 3.54. The van der Waals surface area contributed by atoms with Crippen LogP contribution in [0, 0.1) is 5.92 Å². The topological polar surface area (TPSA) is 55.3 Å². The molecule has 1 N–H and O–H groups in total. The van der Waals surface area contributed by atoms with Crippen molar-refractivity contribution < 1.29 is 14.2 Å². The summed E-state index contributed by atoms with van der Waals surface area (Å²) in [6.45, 7) is 9.61. The average molecular weight is 560 g/mol. The third kappa shape index (κ3) is 6.65. The highest BCUT2D eigenvalue weighted by molar-refractivity contribution is 14.0. The fraction of sp³-hybridized carbons (Fsp3) is 0.720. The molecule has 0 radical (unpaired) electrons. The van der Waals surface area contributed by atoms with Crippen LogP contribution in [0.15, 0.2) is 23.2 Å². The van der Waals surface area contributed by atoms with Gasteiger partial charge < -0.3 is 24.4 Å². The minimum absolute atomic E-state index is 0. The summed E-state index contributed by atoms with van der Waals surface area (Å²) >= 11 is 0. The Bertz CT molecular complexity index is 722. The van der Waals surface area contributed by atoms with E-state index in [1.54, 1.807) is 14.2 Å². The molecule has 3 rings (SSSR count). The molecule has 182 valence electrons. The van der Waals surface area contributed by atoms with E-state index in [-0.39, 0.29) is 29.4 Å². The van der Waals surface area contributed by atoms with Gasteiger partial charge in [-0.15, -0.1) is 24.0 Å². The molecule has 1 unspecified atom stereocenters. The Balaban J connectivity index is 0.00000363. The van der Waals surface area contributed by atoms with Crippen molar-refractivity contribution in [2.24, 2.45) is 10.9 Å². The van der Waals surface area contributed by atoms with Gasteiger partial charge in [-0.05, 0) is 50.8 Å². The molecule has 1 aliphatic carbocycles. The Kier molecular flexibility index (Phi) is 11.4. The molecule has 1 saturated heterocycles. The molecular formula is C25H42IN3O3. The van der Waals surface area contributed by atoms with Crippen molar-refractivity contribution in [2.75, 3.05) is 53.6 Å². The van der Waals surface area contributed by atoms with E-state index in [9.17, 15) is 0 Å². The van der Waals surface area contributed by atoms with E-state index in [0.717, 1.165) is 56.9 Å². The van der Waals surface area contributed by atoms with Gasteiger partial charge in [0.25, 0.3) is 0 Å². The second-order valence-corrected chi connectivity index (χ2v) is 8.84. The number of nitrogens with zero attached hydrogens (tertiary/aromatic N) is 2. The molecule has 1 heterocycles. The van der Waals surface area contributed by atoms with Crippen molar-refractivity contribution in [2.45, 2.75) is 57.8 Å². The van der Waals surface area contributed by atoms with Gasteiger partial charge in [-0.1, -0.05) is 25.3 Å². The Morgan fingerprint density at radius 1 is 1.12 bits per heavy atom. The van der Waals surface area contributed by atoms with Crippen LogP contribution >= 0.6 is 24.0 Å². The van der Waals surface area contributed by atoms with Gasteiger partial charge in [-0.25, -0.2) is 0 Å². The van der Waals surface area contributed by atoms with Gasteiger partial charge in [0.2, 0.25) is 0 Å². The molecule has 0 amide bonds. The van der Waals surface area contributed by atoms with Crippen LogP contribution < -0.4 is 14.8 Å². The smallest absolute Gasteiger partial charge is 0.193 e. The minimum atomic E-state index is 0. The molecular weight excluding hydrogens is 517 g/mol. The van der Waals surface area contributed by atoms with Gasteiger partial charge in [0.05, 0.1) is 27.4 Å². The van der Waals surface area contributed by atoms with E-state index in [0.29, 0.717) is 5.92 Å². The fourth-order valence-electron chi connectivity index (χ4n) is 5.03. The summed E-state index contributed by atoms with van der Waals surface area (Å²) in [6, 6.07) is 6.42. The van der Waals surface area contributed by atoms with Gasteiger partial charge in [-0.3, -0.25) is 4.99 Å². The standard InChI is InChI=1S/C25H41N3O3.HI/c1-5-26-24(28-15-12-20(17-28)18-31-6-2)27-19-25(13-8-7-9-14-25)21-10-11-22(29-3)23(16-21)30-4;/h10-11,16,20H,5-9,12-15,17-19H2,1-4H3,(H,26,27);1H. The normalized spacial score (nSPS) is 20.6. The molecule has 0 aromatic heterocycles. The average Bonchev–Trinajstić information content (AvgIpc) is 3.29. The van der Waals surface area contributed by atoms with E-state index in [1.807, 2.05) is 6.07 Å². The van der Waals surface area contributed by atoms with Crippen molar-refractivity contribution >= 4 is 29.9 Å². The Morgan fingerprint density at radius 3 is 2.53 bits per heavy atom. The number of hydrogen-bond donors (Lipinski definition) is 1. The van der Waals surface area contributed by atoms with E-state index >= 15 is 0 Å². The lowest BCUT2D eigenvalue weighted by Crippen LogP contribution is -2.42. The first-order valence-electron chi connectivity index (χ1n) is 12.0. The monoisotopic (exact) mass is 559 g/mol. The lowest BCUT2D eigenvalue weighted by atomic mass is 9.69. The first-order chi connectivity index (χ1) is 15.2. The second-order valence-electron chi connectivity index (χ2n) is 8.84. The minimum Gasteiger partial charge on any atom is -0.493 e. The van der Waals surface area contributed by atoms with E-state index in [1.165, 1.54) is 44.1 Å². The molecule has 6 nitrogen and oxygen atoms in total. The zero-order valence-electron chi connectivity index (χ0n) is 20.3. The van der Waals surface area contributed by atoms with Crippen molar-refractivity contribution in [3.05, 3.63) is 23.8 Å². The number of aliphatic imine (C=N–C) groups is 1. The highest BCUT2D eigenvalue weighted by Gasteiger charge is 2.35.